The van der Waals surface area contributed by atoms with Crippen molar-refractivity contribution >= 4 is 27.0 Å². The molecule has 0 bridgehead atoms. The second-order valence-electron chi connectivity index (χ2n) is 9.47. The molecule has 6 nitrogen and oxygen atoms in total. The zero-order chi connectivity index (χ0) is 22.5. The van der Waals surface area contributed by atoms with Crippen LogP contribution in [0.3, 0.4) is 0 Å². The lowest BCUT2D eigenvalue weighted by atomic mass is 9.92. The molecule has 3 aliphatic rings. The first-order chi connectivity index (χ1) is 15.3. The van der Waals surface area contributed by atoms with Gasteiger partial charge in [-0.3, -0.25) is 14.3 Å². The van der Waals surface area contributed by atoms with Crippen molar-refractivity contribution in [1.82, 2.24) is 9.78 Å². The van der Waals surface area contributed by atoms with Crippen molar-refractivity contribution in [2.75, 3.05) is 0 Å². The molecule has 168 valence electrons. The highest BCUT2D eigenvalue weighted by molar-refractivity contribution is 7.92. The molecule has 1 aromatic carbocycles. The van der Waals surface area contributed by atoms with Crippen molar-refractivity contribution in [3.05, 3.63) is 53.4 Å². The van der Waals surface area contributed by atoms with Gasteiger partial charge >= 0.3 is 0 Å². The van der Waals surface area contributed by atoms with Gasteiger partial charge in [-0.05, 0) is 73.3 Å². The number of nitrogens with zero attached hydrogens (tertiary/aromatic N) is 2. The molecule has 3 fully saturated rings. The Morgan fingerprint density at radius 3 is 2.53 bits per heavy atom. The van der Waals surface area contributed by atoms with Gasteiger partial charge in [-0.15, -0.1) is 0 Å². The van der Waals surface area contributed by atoms with Crippen LogP contribution in [0.2, 0.25) is 0 Å². The maximum Gasteiger partial charge on any atom is 0.181 e. The average molecular weight is 453 g/mol. The number of ketones is 2. The van der Waals surface area contributed by atoms with Gasteiger partial charge in [0.1, 0.15) is 5.78 Å². The van der Waals surface area contributed by atoms with Gasteiger partial charge in [-0.1, -0.05) is 12.1 Å². The predicted octanol–water partition coefficient (Wildman–Crippen LogP) is 3.80. The smallest absolute Gasteiger partial charge is 0.181 e. The highest BCUT2D eigenvalue weighted by Crippen LogP contribution is 2.46. The number of carbonyl (C=O) groups is 2. The summed E-state index contributed by atoms with van der Waals surface area (Å²) in [6.45, 7) is 0. The third-order valence-electron chi connectivity index (χ3n) is 6.70. The first kappa shape index (κ1) is 21.3. The summed E-state index contributed by atoms with van der Waals surface area (Å²) in [5.41, 5.74) is 2.88. The maximum absolute atomic E-state index is 13.4. The summed E-state index contributed by atoms with van der Waals surface area (Å²) in [5.74, 6) is 0.470. The van der Waals surface area contributed by atoms with E-state index in [0.29, 0.717) is 29.0 Å². The molecule has 7 heteroatoms. The summed E-state index contributed by atoms with van der Waals surface area (Å²) in [6, 6.07) is 7.24. The summed E-state index contributed by atoms with van der Waals surface area (Å²) >= 11 is 0. The molecule has 1 atom stereocenters. The Hall–Kier alpha value is -2.54. The summed E-state index contributed by atoms with van der Waals surface area (Å²) in [7, 11) is -1.49. The van der Waals surface area contributed by atoms with Gasteiger partial charge in [0.15, 0.2) is 15.6 Å². The maximum atomic E-state index is 13.4. The molecule has 5 rings (SSSR count). The number of Topliss-reactive ketones (excluding diaryl/α,β-unsaturated/α-hetero) is 2. The second kappa shape index (κ2) is 8.10. The first-order valence-electron chi connectivity index (χ1n) is 11.4. The number of aryl methyl sites for hydroxylation is 1. The minimum absolute atomic E-state index is 0.0458. The quantitative estimate of drug-likeness (QED) is 0.569. The molecular weight excluding hydrogens is 424 g/mol. The number of carbonyl (C=O) groups excluding carboxylic acids is 2. The van der Waals surface area contributed by atoms with E-state index >= 15 is 0 Å². The summed E-state index contributed by atoms with van der Waals surface area (Å²) in [5, 5.41) is 4.08. The molecule has 1 aromatic heterocycles. The lowest BCUT2D eigenvalue weighted by molar-refractivity contribution is -0.117. The monoisotopic (exact) mass is 452 g/mol. The largest absolute Gasteiger partial charge is 0.300 e. The van der Waals surface area contributed by atoms with Crippen LogP contribution in [0.25, 0.3) is 5.57 Å². The van der Waals surface area contributed by atoms with Crippen molar-refractivity contribution in [2.45, 2.75) is 67.4 Å². The molecule has 3 aliphatic carbocycles. The van der Waals surface area contributed by atoms with Crippen LogP contribution in [0.4, 0.5) is 0 Å². The Kier molecular flexibility index (Phi) is 5.40. The number of allylic oxidation sites excluding steroid dienone is 2. The molecule has 0 saturated heterocycles. The van der Waals surface area contributed by atoms with E-state index in [-0.39, 0.29) is 35.1 Å². The van der Waals surface area contributed by atoms with Crippen LogP contribution in [0.15, 0.2) is 41.4 Å². The van der Waals surface area contributed by atoms with Gasteiger partial charge in [0.05, 0.1) is 22.3 Å². The van der Waals surface area contributed by atoms with Crippen molar-refractivity contribution < 1.29 is 18.0 Å². The molecular formula is C25H28N2O4S. The number of hydrogen-bond donors (Lipinski definition) is 0. The third-order valence-corrected chi connectivity index (χ3v) is 9.04. The third kappa shape index (κ3) is 4.35. The fraction of sp³-hybridized carbons (Fsp3) is 0.480. The summed E-state index contributed by atoms with van der Waals surface area (Å²) < 4.78 is 27.7. The van der Waals surface area contributed by atoms with E-state index in [2.05, 4.69) is 5.10 Å². The van der Waals surface area contributed by atoms with Gasteiger partial charge in [0.2, 0.25) is 0 Å². The fourth-order valence-corrected chi connectivity index (χ4v) is 6.56. The van der Waals surface area contributed by atoms with Gasteiger partial charge in [-0.2, -0.15) is 5.10 Å². The first-order valence-corrected chi connectivity index (χ1v) is 13.0. The molecule has 32 heavy (non-hydrogen) atoms. The zero-order valence-corrected chi connectivity index (χ0v) is 19.1. The highest BCUT2D eigenvalue weighted by atomic mass is 32.2. The van der Waals surface area contributed by atoms with Gasteiger partial charge in [0.25, 0.3) is 0 Å². The number of sulfone groups is 1. The van der Waals surface area contributed by atoms with E-state index in [9.17, 15) is 18.0 Å². The Labute approximate surface area is 188 Å². The number of hydrogen-bond acceptors (Lipinski definition) is 5. The predicted molar refractivity (Wildman–Crippen MR) is 121 cm³/mol. The van der Waals surface area contributed by atoms with Crippen LogP contribution >= 0.6 is 0 Å². The van der Waals surface area contributed by atoms with Gasteiger partial charge in [0, 0.05) is 31.7 Å². The Morgan fingerprint density at radius 2 is 1.94 bits per heavy atom. The van der Waals surface area contributed by atoms with E-state index in [1.165, 1.54) is 0 Å². The van der Waals surface area contributed by atoms with Crippen LogP contribution in [-0.4, -0.2) is 35.0 Å². The number of rotatable bonds is 8. The van der Waals surface area contributed by atoms with Crippen molar-refractivity contribution in [3.63, 3.8) is 0 Å². The molecule has 3 saturated carbocycles. The molecule has 0 aliphatic heterocycles. The second-order valence-corrected chi connectivity index (χ2v) is 11.7. The van der Waals surface area contributed by atoms with Crippen LogP contribution in [0.1, 0.15) is 67.7 Å². The van der Waals surface area contributed by atoms with E-state index < -0.39 is 9.84 Å². The van der Waals surface area contributed by atoms with Crippen LogP contribution in [0, 0.1) is 5.92 Å². The standard InChI is InChI=1S/C25H28N2O4S/c1-27-11-10-19(26-27)15-24(29)22(13-16-2-6-20(28)12-16)18-5-9-25(23(14-18)17-3-4-17)32(30,31)21-7-8-21/h5,9-11,13-14,16-17,21H,2-4,6-8,12,15H2,1H3/b22-13+/t16-/m1/s1. The minimum atomic E-state index is -3.30. The van der Waals surface area contributed by atoms with Gasteiger partial charge in [-0.25, -0.2) is 8.42 Å². The molecule has 0 spiro atoms. The molecule has 0 amide bonds. The SMILES string of the molecule is Cn1ccc(CC(=O)/C(=C/[C@@H]2CCC(=O)C2)c2ccc(S(=O)(=O)C3CC3)c(C3CC3)c2)n1. The molecule has 0 radical (unpaired) electrons. The summed E-state index contributed by atoms with van der Waals surface area (Å²) in [4.78, 5) is 25.6. The Morgan fingerprint density at radius 1 is 1.16 bits per heavy atom. The topological polar surface area (TPSA) is 86.1 Å². The molecule has 0 unspecified atom stereocenters. The van der Waals surface area contributed by atoms with Crippen LogP contribution in [-0.2, 0) is 32.9 Å². The molecule has 1 heterocycles. The minimum Gasteiger partial charge on any atom is -0.300 e. The fourth-order valence-electron chi connectivity index (χ4n) is 4.63. The van der Waals surface area contributed by atoms with E-state index in [4.69, 9.17) is 0 Å². The lowest BCUT2D eigenvalue weighted by Crippen LogP contribution is -2.12. The average Bonchev–Trinajstić information content (AvgIpc) is 3.68. The number of aromatic nitrogens is 2. The molecule has 2 aromatic rings. The van der Waals surface area contributed by atoms with Crippen LogP contribution in [0.5, 0.6) is 0 Å². The van der Waals surface area contributed by atoms with Gasteiger partial charge < -0.3 is 0 Å². The van der Waals surface area contributed by atoms with E-state index in [1.54, 1.807) is 16.8 Å². The van der Waals surface area contributed by atoms with E-state index in [0.717, 1.165) is 43.2 Å². The Balaban J connectivity index is 1.53. The zero-order valence-electron chi connectivity index (χ0n) is 18.3. The number of benzene rings is 1. The van der Waals surface area contributed by atoms with Crippen molar-refractivity contribution in [2.24, 2.45) is 13.0 Å². The van der Waals surface area contributed by atoms with Crippen LogP contribution < -0.4 is 0 Å². The Bertz CT molecular complexity index is 1220. The normalized spacial score (nSPS) is 21.8. The lowest BCUT2D eigenvalue weighted by Gasteiger charge is -2.15. The highest BCUT2D eigenvalue weighted by Gasteiger charge is 2.40. The summed E-state index contributed by atoms with van der Waals surface area (Å²) in [6.07, 6.45) is 9.12. The van der Waals surface area contributed by atoms with E-state index in [1.807, 2.05) is 31.5 Å². The van der Waals surface area contributed by atoms with Crippen molar-refractivity contribution in [3.8, 4) is 0 Å². The molecule has 0 N–H and O–H groups in total. The van der Waals surface area contributed by atoms with Crippen molar-refractivity contribution in [1.29, 1.82) is 0 Å².